The number of aliphatic hydroxyl groups is 2. The molecule has 4 nitrogen and oxygen atoms in total. The van der Waals surface area contributed by atoms with Crippen LogP contribution in [-0.2, 0) is 9.53 Å². The molecule has 0 fully saturated rings. The first kappa shape index (κ1) is 24.6. The predicted molar refractivity (Wildman–Crippen MR) is 137 cm³/mol. The quantitative estimate of drug-likeness (QED) is 0.277. The van der Waals surface area contributed by atoms with Crippen LogP contribution in [-0.4, -0.2) is 43.1 Å². The molecular formula is C28H32O4Si. The van der Waals surface area contributed by atoms with E-state index in [1.54, 1.807) is 13.0 Å². The number of hydrogen-bond donors (Lipinski definition) is 2. The molecule has 0 spiro atoms. The largest absolute Gasteiger partial charge is 0.466 e. The number of carbonyl (C=O) groups is 1. The average Bonchev–Trinajstić information content (AvgIpc) is 2.83. The van der Waals surface area contributed by atoms with E-state index >= 15 is 0 Å². The molecule has 33 heavy (non-hydrogen) atoms. The summed E-state index contributed by atoms with van der Waals surface area (Å²) < 4.78 is 4.87. The van der Waals surface area contributed by atoms with E-state index in [0.29, 0.717) is 0 Å². The summed E-state index contributed by atoms with van der Waals surface area (Å²) in [5.74, 6) is -0.459. The first-order chi connectivity index (χ1) is 15.9. The Hall–Kier alpha value is -2.99. The van der Waals surface area contributed by atoms with Crippen LogP contribution in [0.25, 0.3) is 6.08 Å². The van der Waals surface area contributed by atoms with Crippen LogP contribution < -0.4 is 15.6 Å². The summed E-state index contributed by atoms with van der Waals surface area (Å²) in [6.07, 6.45) is 1.74. The second kappa shape index (κ2) is 11.7. The van der Waals surface area contributed by atoms with Gasteiger partial charge in [-0.25, -0.2) is 0 Å². The van der Waals surface area contributed by atoms with E-state index in [1.165, 1.54) is 15.6 Å². The summed E-state index contributed by atoms with van der Waals surface area (Å²) in [4.78, 5) is 11.6. The SMILES string of the molecule is CCOC(=O)CC(O)CC(O)C=Cc1ccccc1[Si](C)(c1ccccc1)c1ccccc1. The van der Waals surface area contributed by atoms with E-state index in [1.807, 2.05) is 24.3 Å². The van der Waals surface area contributed by atoms with Crippen LogP contribution in [0.4, 0.5) is 0 Å². The Morgan fingerprint density at radius 2 is 1.45 bits per heavy atom. The summed E-state index contributed by atoms with van der Waals surface area (Å²) in [6.45, 7) is 4.35. The van der Waals surface area contributed by atoms with Gasteiger partial charge in [-0.05, 0) is 28.0 Å². The molecule has 0 saturated carbocycles. The fraction of sp³-hybridized carbons (Fsp3) is 0.250. The van der Waals surface area contributed by atoms with E-state index in [-0.39, 0.29) is 19.4 Å². The van der Waals surface area contributed by atoms with Gasteiger partial charge < -0.3 is 14.9 Å². The fourth-order valence-electron chi connectivity index (χ4n) is 4.19. The number of benzene rings is 3. The topological polar surface area (TPSA) is 66.8 Å². The van der Waals surface area contributed by atoms with Crippen LogP contribution >= 0.6 is 0 Å². The van der Waals surface area contributed by atoms with Crippen LogP contribution in [0, 0.1) is 0 Å². The van der Waals surface area contributed by atoms with Crippen molar-refractivity contribution in [2.24, 2.45) is 0 Å². The van der Waals surface area contributed by atoms with Gasteiger partial charge in [0.2, 0.25) is 0 Å². The second-order valence-electron chi connectivity index (χ2n) is 8.27. The summed E-state index contributed by atoms with van der Waals surface area (Å²) in [5, 5.41) is 24.4. The third kappa shape index (κ3) is 6.29. The highest BCUT2D eigenvalue weighted by molar-refractivity contribution is 7.11. The minimum absolute atomic E-state index is 0.0730. The van der Waals surface area contributed by atoms with Crippen LogP contribution in [0.3, 0.4) is 0 Å². The van der Waals surface area contributed by atoms with Gasteiger partial charge in [-0.3, -0.25) is 4.79 Å². The average molecular weight is 461 g/mol. The monoisotopic (exact) mass is 460 g/mol. The summed E-state index contributed by atoms with van der Waals surface area (Å²) in [5.41, 5.74) is 1.04. The maximum atomic E-state index is 11.6. The first-order valence-electron chi connectivity index (χ1n) is 11.4. The van der Waals surface area contributed by atoms with Gasteiger partial charge >= 0.3 is 5.97 Å². The molecule has 3 aromatic rings. The fourth-order valence-corrected chi connectivity index (χ4v) is 8.03. The van der Waals surface area contributed by atoms with Gasteiger partial charge in [0.1, 0.15) is 8.07 Å². The molecule has 0 aliphatic carbocycles. The molecule has 3 rings (SSSR count). The number of rotatable bonds is 10. The van der Waals surface area contributed by atoms with Crippen molar-refractivity contribution in [3.63, 3.8) is 0 Å². The Morgan fingerprint density at radius 3 is 2.03 bits per heavy atom. The lowest BCUT2D eigenvalue weighted by Gasteiger charge is -2.31. The molecule has 0 heterocycles. The molecule has 0 amide bonds. The van der Waals surface area contributed by atoms with Gasteiger partial charge in [0, 0.05) is 6.42 Å². The number of hydrogen-bond acceptors (Lipinski definition) is 4. The van der Waals surface area contributed by atoms with E-state index in [9.17, 15) is 15.0 Å². The Balaban J connectivity index is 1.90. The third-order valence-corrected chi connectivity index (χ3v) is 10.4. The summed E-state index contributed by atoms with van der Waals surface area (Å²) in [6, 6.07) is 29.5. The van der Waals surface area contributed by atoms with Gasteiger partial charge in [-0.15, -0.1) is 0 Å². The normalized spacial score (nSPS) is 13.6. The van der Waals surface area contributed by atoms with Crippen LogP contribution in [0.2, 0.25) is 6.55 Å². The van der Waals surface area contributed by atoms with Crippen LogP contribution in [0.1, 0.15) is 25.3 Å². The molecule has 5 heteroatoms. The highest BCUT2D eigenvalue weighted by Gasteiger charge is 2.35. The Kier molecular flexibility index (Phi) is 8.77. The Labute approximate surface area is 197 Å². The molecule has 2 N–H and O–H groups in total. The van der Waals surface area contributed by atoms with Crippen molar-refractivity contribution in [2.75, 3.05) is 6.61 Å². The third-order valence-electron chi connectivity index (χ3n) is 5.92. The number of carbonyl (C=O) groups excluding carboxylic acids is 1. The zero-order valence-corrected chi connectivity index (χ0v) is 20.2. The number of esters is 1. The lowest BCUT2D eigenvalue weighted by atomic mass is 10.1. The summed E-state index contributed by atoms with van der Waals surface area (Å²) >= 11 is 0. The molecule has 0 radical (unpaired) electrons. The number of ether oxygens (including phenoxy) is 1. The molecule has 0 saturated heterocycles. The van der Waals surface area contributed by atoms with Crippen molar-refractivity contribution < 1.29 is 19.7 Å². The van der Waals surface area contributed by atoms with Crippen molar-refractivity contribution in [2.45, 2.75) is 38.5 Å². The molecule has 172 valence electrons. The molecule has 0 aromatic heterocycles. The smallest absolute Gasteiger partial charge is 0.308 e. The van der Waals surface area contributed by atoms with Crippen molar-refractivity contribution >= 4 is 35.7 Å². The van der Waals surface area contributed by atoms with Crippen LogP contribution in [0.15, 0.2) is 91.0 Å². The highest BCUT2D eigenvalue weighted by atomic mass is 28.3. The molecule has 2 unspecified atom stereocenters. The minimum atomic E-state index is -2.30. The standard InChI is InChI=1S/C28H32O4Si/c1-3-32-28(31)21-24(30)20-23(29)19-18-22-12-10-11-17-27(22)33(2,25-13-6-4-7-14-25)26-15-8-5-9-16-26/h4-19,23-24,29-30H,3,20-21H2,1-2H3. The van der Waals surface area contributed by atoms with Crippen molar-refractivity contribution in [1.82, 2.24) is 0 Å². The van der Waals surface area contributed by atoms with E-state index in [4.69, 9.17) is 4.74 Å². The molecule has 0 bridgehead atoms. The molecule has 0 aliphatic heterocycles. The first-order valence-corrected chi connectivity index (χ1v) is 13.9. The molecule has 2 atom stereocenters. The Bertz CT molecular complexity index is 1010. The van der Waals surface area contributed by atoms with Gasteiger partial charge in [0.25, 0.3) is 0 Å². The molecule has 3 aromatic carbocycles. The van der Waals surface area contributed by atoms with Gasteiger partial charge in [0.05, 0.1) is 25.2 Å². The van der Waals surface area contributed by atoms with Crippen molar-refractivity contribution in [3.05, 3.63) is 96.6 Å². The second-order valence-corrected chi connectivity index (χ2v) is 12.2. The molecule has 0 aliphatic rings. The zero-order valence-electron chi connectivity index (χ0n) is 19.2. The highest BCUT2D eigenvalue weighted by Crippen LogP contribution is 2.13. The number of aliphatic hydroxyl groups excluding tert-OH is 2. The predicted octanol–water partition coefficient (Wildman–Crippen LogP) is 2.86. The van der Waals surface area contributed by atoms with E-state index < -0.39 is 26.3 Å². The van der Waals surface area contributed by atoms with Crippen molar-refractivity contribution in [1.29, 1.82) is 0 Å². The summed E-state index contributed by atoms with van der Waals surface area (Å²) in [7, 11) is -2.30. The van der Waals surface area contributed by atoms with Gasteiger partial charge in [-0.2, -0.15) is 0 Å². The minimum Gasteiger partial charge on any atom is -0.466 e. The maximum Gasteiger partial charge on any atom is 0.308 e. The lowest BCUT2D eigenvalue weighted by Crippen LogP contribution is -2.65. The van der Waals surface area contributed by atoms with Crippen molar-refractivity contribution in [3.8, 4) is 0 Å². The zero-order chi connectivity index (χ0) is 23.7. The van der Waals surface area contributed by atoms with E-state index in [2.05, 4.69) is 73.3 Å². The maximum absolute atomic E-state index is 11.6. The molecular weight excluding hydrogens is 428 g/mol. The Morgan fingerprint density at radius 1 is 0.909 bits per heavy atom. The van der Waals surface area contributed by atoms with Gasteiger partial charge in [-0.1, -0.05) is 104 Å². The van der Waals surface area contributed by atoms with E-state index in [0.717, 1.165) is 5.56 Å². The van der Waals surface area contributed by atoms with Crippen LogP contribution in [0.5, 0.6) is 0 Å². The van der Waals surface area contributed by atoms with Gasteiger partial charge in [0.15, 0.2) is 0 Å². The lowest BCUT2D eigenvalue weighted by molar-refractivity contribution is -0.145.